The summed E-state index contributed by atoms with van der Waals surface area (Å²) in [5.74, 6) is -1.01. The van der Waals surface area contributed by atoms with E-state index in [1.165, 1.54) is 13.2 Å². The second-order valence-corrected chi connectivity index (χ2v) is 12.8. The van der Waals surface area contributed by atoms with Crippen molar-refractivity contribution in [2.24, 2.45) is 0 Å². The molecule has 0 fully saturated rings. The van der Waals surface area contributed by atoms with Crippen LogP contribution < -0.4 is 4.72 Å². The highest BCUT2D eigenvalue weighted by molar-refractivity contribution is 7.92. The molecule has 0 aliphatic rings. The molecule has 0 bridgehead atoms. The summed E-state index contributed by atoms with van der Waals surface area (Å²) in [5.41, 5.74) is 1.66. The van der Waals surface area contributed by atoms with E-state index in [1.807, 2.05) is 73.7 Å². The normalized spacial score (nSPS) is 13.7. The van der Waals surface area contributed by atoms with Crippen LogP contribution in [-0.4, -0.2) is 40.3 Å². The van der Waals surface area contributed by atoms with E-state index in [9.17, 15) is 18.0 Å². The minimum Gasteiger partial charge on any atom is -0.462 e. The van der Waals surface area contributed by atoms with Crippen molar-refractivity contribution in [1.29, 1.82) is 0 Å². The van der Waals surface area contributed by atoms with Gasteiger partial charge in [-0.1, -0.05) is 72.3 Å². The van der Waals surface area contributed by atoms with Gasteiger partial charge in [0, 0.05) is 35.3 Å². The largest absolute Gasteiger partial charge is 0.462 e. The lowest BCUT2D eigenvalue weighted by molar-refractivity contribution is -0.173. The first kappa shape index (κ1) is 31.7. The Bertz CT molecular complexity index is 2010. The Morgan fingerprint density at radius 2 is 1.67 bits per heavy atom. The predicted octanol–water partition coefficient (Wildman–Crippen LogP) is 7.28. The van der Waals surface area contributed by atoms with Gasteiger partial charge in [-0.05, 0) is 44.5 Å². The summed E-state index contributed by atoms with van der Waals surface area (Å²) in [5, 5.41) is 2.14. The molecule has 0 aliphatic heterocycles. The zero-order chi connectivity index (χ0) is 32.5. The van der Waals surface area contributed by atoms with Gasteiger partial charge in [0.05, 0.1) is 18.6 Å². The molecule has 0 saturated heterocycles. The molecule has 0 spiro atoms. The molecule has 0 saturated carbocycles. The van der Waals surface area contributed by atoms with E-state index in [4.69, 9.17) is 18.6 Å². The van der Waals surface area contributed by atoms with Crippen LogP contribution in [0, 0.1) is 6.92 Å². The van der Waals surface area contributed by atoms with Crippen LogP contribution in [0.25, 0.3) is 33.1 Å². The van der Waals surface area contributed by atoms with E-state index < -0.39 is 33.7 Å². The average molecular weight is 630 g/mol. The highest BCUT2D eigenvalue weighted by Crippen LogP contribution is 2.41. The number of hydrogen-bond donors (Lipinski definition) is 1. The van der Waals surface area contributed by atoms with Crippen LogP contribution in [0.2, 0.25) is 0 Å². The minimum absolute atomic E-state index is 0.134. The first-order chi connectivity index (χ1) is 21.4. The maximum absolute atomic E-state index is 13.9. The number of methoxy groups -OCH3 is 1. The topological polar surface area (TPSA) is 121 Å². The summed E-state index contributed by atoms with van der Waals surface area (Å²) in [6.07, 6.45) is 0.0349. The van der Waals surface area contributed by atoms with Crippen LogP contribution in [0.4, 0.5) is 5.69 Å². The molecule has 1 aromatic heterocycles. The third kappa shape index (κ3) is 6.29. The summed E-state index contributed by atoms with van der Waals surface area (Å²) in [6.45, 7) is 7.04. The summed E-state index contributed by atoms with van der Waals surface area (Å²) < 4.78 is 50.7. The number of rotatable bonds is 10. The van der Waals surface area contributed by atoms with Gasteiger partial charge in [0.15, 0.2) is 5.60 Å². The lowest BCUT2D eigenvalue weighted by atomic mass is 9.90. The number of benzene rings is 4. The third-order valence-electron chi connectivity index (χ3n) is 7.77. The number of furan rings is 1. The fraction of sp³-hybridized carbons (Fsp3) is 0.257. The Kier molecular flexibility index (Phi) is 8.73. The summed E-state index contributed by atoms with van der Waals surface area (Å²) in [6, 6.07) is 23.8. The van der Waals surface area contributed by atoms with Gasteiger partial charge in [-0.2, -0.15) is 0 Å². The van der Waals surface area contributed by atoms with E-state index in [-0.39, 0.29) is 29.2 Å². The van der Waals surface area contributed by atoms with Gasteiger partial charge in [-0.25, -0.2) is 18.0 Å². The predicted molar refractivity (Wildman–Crippen MR) is 174 cm³/mol. The SMILES string of the molecule is CCOC(=O)c1c(-c2ccc(C)cc2)oc2cc(NS(C)(=O)=O)c([C@@H](C)OC(=O)[C@](C)(OC)c3cccc4ccccc34)cc12. The summed E-state index contributed by atoms with van der Waals surface area (Å²) in [7, 11) is -2.33. The first-order valence-corrected chi connectivity index (χ1v) is 16.3. The first-order valence-electron chi connectivity index (χ1n) is 14.4. The number of nitrogens with one attached hydrogen (secondary N) is 1. The van der Waals surface area contributed by atoms with Crippen LogP contribution in [0.3, 0.4) is 0 Å². The van der Waals surface area contributed by atoms with Gasteiger partial charge in [-0.15, -0.1) is 0 Å². The molecule has 1 heterocycles. The molecule has 1 N–H and O–H groups in total. The number of carbonyl (C=O) groups is 2. The van der Waals surface area contributed by atoms with Gasteiger partial charge in [-0.3, -0.25) is 4.72 Å². The Morgan fingerprint density at radius 1 is 0.978 bits per heavy atom. The van der Waals surface area contributed by atoms with Gasteiger partial charge < -0.3 is 18.6 Å². The van der Waals surface area contributed by atoms with E-state index in [2.05, 4.69) is 4.72 Å². The van der Waals surface area contributed by atoms with Crippen molar-refractivity contribution < 1.29 is 36.6 Å². The molecule has 5 rings (SSSR count). The molecule has 0 amide bonds. The van der Waals surface area contributed by atoms with Gasteiger partial charge in [0.25, 0.3) is 0 Å². The molecule has 2 atom stereocenters. The van der Waals surface area contributed by atoms with Crippen molar-refractivity contribution in [1.82, 2.24) is 0 Å². The highest BCUT2D eigenvalue weighted by atomic mass is 32.2. The van der Waals surface area contributed by atoms with E-state index >= 15 is 0 Å². The van der Waals surface area contributed by atoms with E-state index in [0.29, 0.717) is 22.1 Å². The quantitative estimate of drug-likeness (QED) is 0.160. The molecule has 0 aliphatic carbocycles. The Balaban J connectivity index is 1.63. The molecule has 0 radical (unpaired) electrons. The smallest absolute Gasteiger partial charge is 0.343 e. The number of fused-ring (bicyclic) bond motifs is 2. The van der Waals surface area contributed by atoms with E-state index in [0.717, 1.165) is 22.6 Å². The van der Waals surface area contributed by atoms with Crippen LogP contribution in [-0.2, 0) is 34.6 Å². The van der Waals surface area contributed by atoms with Gasteiger partial charge in [0.1, 0.15) is 23.0 Å². The number of carbonyl (C=O) groups excluding carboxylic acids is 2. The van der Waals surface area contributed by atoms with Crippen LogP contribution in [0.15, 0.2) is 83.3 Å². The van der Waals surface area contributed by atoms with Crippen molar-refractivity contribution in [2.45, 2.75) is 39.4 Å². The van der Waals surface area contributed by atoms with E-state index in [1.54, 1.807) is 26.8 Å². The zero-order valence-corrected chi connectivity index (χ0v) is 26.8. The third-order valence-corrected chi connectivity index (χ3v) is 8.36. The lowest BCUT2D eigenvalue weighted by Crippen LogP contribution is -2.37. The Labute approximate surface area is 262 Å². The van der Waals surface area contributed by atoms with Crippen LogP contribution in [0.5, 0.6) is 0 Å². The molecule has 5 aromatic rings. The van der Waals surface area contributed by atoms with Crippen LogP contribution >= 0.6 is 0 Å². The number of ether oxygens (including phenoxy) is 3. The zero-order valence-electron chi connectivity index (χ0n) is 26.0. The number of anilines is 1. The van der Waals surface area contributed by atoms with Crippen molar-refractivity contribution in [2.75, 3.05) is 24.7 Å². The molecule has 0 unspecified atom stereocenters. The van der Waals surface area contributed by atoms with Crippen molar-refractivity contribution in [3.63, 3.8) is 0 Å². The molecular weight excluding hydrogens is 594 g/mol. The molecule has 234 valence electrons. The molecule has 9 nitrogen and oxygen atoms in total. The number of esters is 2. The maximum Gasteiger partial charge on any atom is 0.343 e. The Hall–Kier alpha value is -4.67. The monoisotopic (exact) mass is 629 g/mol. The second kappa shape index (κ2) is 12.4. The van der Waals surface area contributed by atoms with Crippen molar-refractivity contribution >= 4 is 49.4 Å². The Morgan fingerprint density at radius 3 is 2.33 bits per heavy atom. The van der Waals surface area contributed by atoms with Gasteiger partial charge >= 0.3 is 11.9 Å². The minimum atomic E-state index is -3.76. The van der Waals surface area contributed by atoms with Crippen molar-refractivity contribution in [3.05, 3.63) is 101 Å². The number of sulfonamides is 1. The summed E-state index contributed by atoms with van der Waals surface area (Å²) >= 11 is 0. The van der Waals surface area contributed by atoms with Gasteiger partial charge in [0.2, 0.25) is 10.0 Å². The fourth-order valence-corrected chi connectivity index (χ4v) is 5.96. The lowest BCUT2D eigenvalue weighted by Gasteiger charge is -2.29. The summed E-state index contributed by atoms with van der Waals surface area (Å²) in [4.78, 5) is 27.2. The fourth-order valence-electron chi connectivity index (χ4n) is 5.38. The van der Waals surface area contributed by atoms with Crippen LogP contribution in [0.1, 0.15) is 53.9 Å². The maximum atomic E-state index is 13.9. The highest BCUT2D eigenvalue weighted by Gasteiger charge is 2.40. The average Bonchev–Trinajstić information content (AvgIpc) is 3.38. The van der Waals surface area contributed by atoms with Crippen molar-refractivity contribution in [3.8, 4) is 11.3 Å². The molecular formula is C35H35NO8S. The molecule has 45 heavy (non-hydrogen) atoms. The standard InChI is InChI=1S/C35H35NO8S/c1-7-42-33(37)31-27-19-26(29(36-45(6,39)40)20-30(27)44-32(31)24-17-15-21(2)16-18-24)22(3)43-34(38)35(4,41-5)28-14-10-12-23-11-8-9-13-25(23)28/h8-20,22,36H,7H2,1-6H3/t22-,35-/m1/s1. The number of hydrogen-bond acceptors (Lipinski definition) is 8. The second-order valence-electron chi connectivity index (χ2n) is 11.0. The molecule has 4 aromatic carbocycles. The number of aryl methyl sites for hydroxylation is 1. The molecule has 10 heteroatoms.